The van der Waals surface area contributed by atoms with Crippen LogP contribution >= 0.6 is 7.26 Å². The lowest BCUT2D eigenvalue weighted by atomic mass is 10.3. The second-order valence-electron chi connectivity index (χ2n) is 6.17. The minimum Gasteiger partial charge on any atom is -0.356 e. The smallest absolute Gasteiger partial charge is 0.182 e. The third-order valence-corrected chi connectivity index (χ3v) is 9.11. The SMILES string of the molecule is CC(C)(O)[P+](c1ccccc1)(c1ccccc1)c1ccccc1. The average Bonchev–Trinajstić information content (AvgIpc) is 2.57. The van der Waals surface area contributed by atoms with E-state index in [1.807, 2.05) is 32.0 Å². The predicted molar refractivity (Wildman–Crippen MR) is 101 cm³/mol. The Morgan fingerprint density at radius 2 is 0.826 bits per heavy atom. The first-order valence-corrected chi connectivity index (χ1v) is 9.64. The second kappa shape index (κ2) is 6.28. The third kappa shape index (κ3) is 2.72. The molecule has 0 radical (unpaired) electrons. The number of hydrogen-bond donors (Lipinski definition) is 1. The molecule has 1 N–H and O–H groups in total. The van der Waals surface area contributed by atoms with E-state index in [2.05, 4.69) is 72.8 Å². The highest BCUT2D eigenvalue weighted by atomic mass is 31.2. The molecule has 3 rings (SSSR count). The van der Waals surface area contributed by atoms with Crippen molar-refractivity contribution >= 4 is 23.2 Å². The number of benzene rings is 3. The lowest BCUT2D eigenvalue weighted by molar-refractivity contribution is 0.172. The maximum atomic E-state index is 11.3. The van der Waals surface area contributed by atoms with Crippen molar-refractivity contribution in [3.05, 3.63) is 91.0 Å². The van der Waals surface area contributed by atoms with Gasteiger partial charge in [0.15, 0.2) is 5.34 Å². The van der Waals surface area contributed by atoms with Gasteiger partial charge in [0.1, 0.15) is 23.2 Å². The van der Waals surface area contributed by atoms with Crippen LogP contribution in [0.2, 0.25) is 0 Å². The molecular weight excluding hydrogens is 299 g/mol. The van der Waals surface area contributed by atoms with Crippen LogP contribution in [0.5, 0.6) is 0 Å². The molecule has 0 heterocycles. The predicted octanol–water partition coefficient (Wildman–Crippen LogP) is 3.71. The Balaban J connectivity index is 2.41. The van der Waals surface area contributed by atoms with Gasteiger partial charge in [-0.15, -0.1) is 0 Å². The maximum absolute atomic E-state index is 11.3. The Labute approximate surface area is 139 Å². The fraction of sp³-hybridized carbons (Fsp3) is 0.143. The molecule has 0 aliphatic rings. The highest BCUT2D eigenvalue weighted by molar-refractivity contribution is 7.96. The van der Waals surface area contributed by atoms with Gasteiger partial charge in [-0.25, -0.2) is 0 Å². The normalized spacial score (nSPS) is 12.1. The Morgan fingerprint density at radius 1 is 0.565 bits per heavy atom. The van der Waals surface area contributed by atoms with Gasteiger partial charge in [-0.3, -0.25) is 0 Å². The minimum atomic E-state index is -2.18. The molecule has 0 aromatic heterocycles. The second-order valence-corrected chi connectivity index (χ2v) is 10.2. The van der Waals surface area contributed by atoms with Crippen molar-refractivity contribution in [1.29, 1.82) is 0 Å². The van der Waals surface area contributed by atoms with Crippen LogP contribution < -0.4 is 15.9 Å². The molecule has 0 unspecified atom stereocenters. The Hall–Kier alpha value is -1.95. The van der Waals surface area contributed by atoms with Crippen molar-refractivity contribution in [3.63, 3.8) is 0 Å². The molecule has 1 nitrogen and oxygen atoms in total. The molecule has 0 fully saturated rings. The van der Waals surface area contributed by atoms with Gasteiger partial charge in [-0.1, -0.05) is 54.6 Å². The molecule has 116 valence electrons. The van der Waals surface area contributed by atoms with Gasteiger partial charge >= 0.3 is 0 Å². The zero-order valence-corrected chi connectivity index (χ0v) is 14.4. The highest BCUT2D eigenvalue weighted by Gasteiger charge is 2.57. The van der Waals surface area contributed by atoms with Crippen LogP contribution in [0.4, 0.5) is 0 Å². The molecule has 0 amide bonds. The van der Waals surface area contributed by atoms with Crippen molar-refractivity contribution < 1.29 is 5.11 Å². The molecule has 23 heavy (non-hydrogen) atoms. The lowest BCUT2D eigenvalue weighted by Gasteiger charge is -2.36. The van der Waals surface area contributed by atoms with Crippen LogP contribution in [0, 0.1) is 0 Å². The van der Waals surface area contributed by atoms with E-state index in [1.54, 1.807) is 0 Å². The Bertz CT molecular complexity index is 649. The lowest BCUT2D eigenvalue weighted by Crippen LogP contribution is -2.44. The number of aliphatic hydroxyl groups is 1. The van der Waals surface area contributed by atoms with Gasteiger partial charge in [0, 0.05) is 13.8 Å². The first-order chi connectivity index (χ1) is 11.1. The van der Waals surface area contributed by atoms with Crippen molar-refractivity contribution in [2.75, 3.05) is 0 Å². The Kier molecular flexibility index (Phi) is 4.35. The Morgan fingerprint density at radius 3 is 1.04 bits per heavy atom. The van der Waals surface area contributed by atoms with Gasteiger partial charge in [0.2, 0.25) is 0 Å². The molecule has 0 bridgehead atoms. The fourth-order valence-electron chi connectivity index (χ4n) is 3.35. The summed E-state index contributed by atoms with van der Waals surface area (Å²) in [6.07, 6.45) is 0. The average molecular weight is 321 g/mol. The molecule has 0 aliphatic carbocycles. The molecule has 0 saturated carbocycles. The first-order valence-electron chi connectivity index (χ1n) is 7.85. The zero-order valence-electron chi connectivity index (χ0n) is 13.6. The van der Waals surface area contributed by atoms with Crippen molar-refractivity contribution in [1.82, 2.24) is 0 Å². The van der Waals surface area contributed by atoms with Gasteiger partial charge in [-0.05, 0) is 36.4 Å². The largest absolute Gasteiger partial charge is 0.356 e. The van der Waals surface area contributed by atoms with Crippen LogP contribution in [0.3, 0.4) is 0 Å². The van der Waals surface area contributed by atoms with Crippen molar-refractivity contribution in [3.8, 4) is 0 Å². The molecule has 3 aromatic rings. The summed E-state index contributed by atoms with van der Waals surface area (Å²) in [6, 6.07) is 31.3. The van der Waals surface area contributed by atoms with Crippen LogP contribution in [0.25, 0.3) is 0 Å². The van der Waals surface area contributed by atoms with E-state index >= 15 is 0 Å². The van der Waals surface area contributed by atoms with Crippen molar-refractivity contribution in [2.24, 2.45) is 0 Å². The molecule has 0 spiro atoms. The van der Waals surface area contributed by atoms with Crippen LogP contribution in [0.1, 0.15) is 13.8 Å². The summed E-state index contributed by atoms with van der Waals surface area (Å²) in [5, 5.41) is 14.1. The first kappa shape index (κ1) is 15.9. The molecule has 0 atom stereocenters. The summed E-state index contributed by atoms with van der Waals surface area (Å²) in [6.45, 7) is 3.88. The summed E-state index contributed by atoms with van der Waals surface area (Å²) in [4.78, 5) is 0. The standard InChI is InChI=1S/C21H22OP/c1-21(2,22)23(18-12-6-3-7-13-18,19-14-8-4-9-15-19)20-16-10-5-11-17-20/h3-17,22H,1-2H3/q+1. The minimum absolute atomic E-state index is 0.864. The number of hydrogen-bond acceptors (Lipinski definition) is 1. The van der Waals surface area contributed by atoms with E-state index < -0.39 is 12.6 Å². The third-order valence-electron chi connectivity index (χ3n) is 4.25. The molecule has 2 heteroatoms. The summed E-state index contributed by atoms with van der Waals surface area (Å²) < 4.78 is 0. The van der Waals surface area contributed by atoms with E-state index in [4.69, 9.17) is 0 Å². The van der Waals surface area contributed by atoms with Gasteiger partial charge < -0.3 is 5.11 Å². The summed E-state index contributed by atoms with van der Waals surface area (Å²) in [7, 11) is -2.18. The summed E-state index contributed by atoms with van der Waals surface area (Å²) >= 11 is 0. The van der Waals surface area contributed by atoms with E-state index in [9.17, 15) is 5.11 Å². The summed E-state index contributed by atoms with van der Waals surface area (Å²) in [5.74, 6) is 0. The molecule has 0 saturated heterocycles. The van der Waals surface area contributed by atoms with E-state index in [0.29, 0.717) is 0 Å². The van der Waals surface area contributed by atoms with Crippen molar-refractivity contribution in [2.45, 2.75) is 19.2 Å². The van der Waals surface area contributed by atoms with Crippen LogP contribution in [-0.2, 0) is 0 Å². The van der Waals surface area contributed by atoms with E-state index in [1.165, 1.54) is 15.9 Å². The monoisotopic (exact) mass is 321 g/mol. The quantitative estimate of drug-likeness (QED) is 0.726. The number of rotatable bonds is 4. The van der Waals surface area contributed by atoms with Gasteiger partial charge in [-0.2, -0.15) is 0 Å². The summed E-state index contributed by atoms with van der Waals surface area (Å²) in [5.41, 5.74) is 0. The van der Waals surface area contributed by atoms with Crippen LogP contribution in [-0.4, -0.2) is 10.4 Å². The molecule has 0 aliphatic heterocycles. The molecular formula is C21H22OP+. The van der Waals surface area contributed by atoms with E-state index in [-0.39, 0.29) is 0 Å². The van der Waals surface area contributed by atoms with Gasteiger partial charge in [0.25, 0.3) is 0 Å². The van der Waals surface area contributed by atoms with E-state index in [0.717, 1.165) is 0 Å². The maximum Gasteiger partial charge on any atom is 0.182 e. The fourth-order valence-corrected chi connectivity index (χ4v) is 8.00. The topological polar surface area (TPSA) is 20.2 Å². The van der Waals surface area contributed by atoms with Gasteiger partial charge in [0.05, 0.1) is 0 Å². The highest BCUT2D eigenvalue weighted by Crippen LogP contribution is 2.64. The molecule has 3 aromatic carbocycles. The zero-order chi connectivity index (χ0) is 16.3. The van der Waals surface area contributed by atoms with Crippen LogP contribution in [0.15, 0.2) is 91.0 Å².